The minimum absolute atomic E-state index is 0.264. The molecule has 0 unspecified atom stereocenters. The van der Waals surface area contributed by atoms with Gasteiger partial charge in [0.15, 0.2) is 5.78 Å². The van der Waals surface area contributed by atoms with E-state index in [0.29, 0.717) is 48.9 Å². The summed E-state index contributed by atoms with van der Waals surface area (Å²) in [6, 6.07) is 28.5. The Morgan fingerprint density at radius 2 is 1.37 bits per heavy atom. The van der Waals surface area contributed by atoms with Gasteiger partial charge in [-0.2, -0.15) is 0 Å². The molecule has 7 nitrogen and oxygen atoms in total. The van der Waals surface area contributed by atoms with Gasteiger partial charge in [0.1, 0.15) is 10.8 Å². The molecule has 0 spiro atoms. The number of thiophene rings is 1. The van der Waals surface area contributed by atoms with Crippen molar-refractivity contribution in [2.75, 3.05) is 36.0 Å². The van der Waals surface area contributed by atoms with E-state index >= 15 is 0 Å². The van der Waals surface area contributed by atoms with E-state index in [1.54, 1.807) is 60.7 Å². The molecule has 2 amide bonds. The number of anilines is 2. The van der Waals surface area contributed by atoms with E-state index in [1.807, 2.05) is 30.3 Å². The second kappa shape index (κ2) is 13.1. The predicted octanol–water partition coefficient (Wildman–Crippen LogP) is 8.32. The zero-order valence-corrected chi connectivity index (χ0v) is 27.3. The largest absolute Gasteiger partial charge is 0.573 e. The number of ether oxygens (including phenoxy) is 1. The number of hydrogen-bond donors (Lipinski definition) is 0. The molecule has 1 aromatic heterocycles. The number of alkyl halides is 3. The fourth-order valence-corrected chi connectivity index (χ4v) is 7.62. The van der Waals surface area contributed by atoms with Crippen molar-refractivity contribution in [3.63, 3.8) is 0 Å². The number of ketones is 1. The van der Waals surface area contributed by atoms with Crippen molar-refractivity contribution < 1.29 is 32.3 Å². The normalized spacial score (nSPS) is 15.1. The molecule has 0 saturated carbocycles. The van der Waals surface area contributed by atoms with Gasteiger partial charge in [-0.3, -0.25) is 19.3 Å². The van der Waals surface area contributed by atoms with Gasteiger partial charge in [-0.1, -0.05) is 54.1 Å². The molecule has 1 fully saturated rings. The van der Waals surface area contributed by atoms with Crippen LogP contribution in [0.15, 0.2) is 103 Å². The number of fused-ring (bicyclic) bond motifs is 1. The molecule has 4 aromatic carbocycles. The Labute approximate surface area is 288 Å². The molecular formula is C37H27ClF3N3O4S. The van der Waals surface area contributed by atoms with Crippen LogP contribution in [0.5, 0.6) is 5.75 Å². The van der Waals surface area contributed by atoms with Gasteiger partial charge in [-0.05, 0) is 71.8 Å². The number of halogens is 4. The quantitative estimate of drug-likeness (QED) is 0.120. The molecular weight excluding hydrogens is 675 g/mol. The van der Waals surface area contributed by atoms with Gasteiger partial charge in [-0.15, -0.1) is 24.5 Å². The lowest BCUT2D eigenvalue weighted by Crippen LogP contribution is -2.46. The summed E-state index contributed by atoms with van der Waals surface area (Å²) in [5.74, 6) is -1.60. The maximum Gasteiger partial charge on any atom is 0.573 e. The fourth-order valence-electron chi connectivity index (χ4n) is 6.18. The van der Waals surface area contributed by atoms with Crippen molar-refractivity contribution in [3.05, 3.63) is 136 Å². The summed E-state index contributed by atoms with van der Waals surface area (Å²) < 4.78 is 41.9. The van der Waals surface area contributed by atoms with Crippen LogP contribution < -0.4 is 14.5 Å². The lowest BCUT2D eigenvalue weighted by Gasteiger charge is -2.36. The van der Waals surface area contributed by atoms with Crippen molar-refractivity contribution in [2.24, 2.45) is 0 Å². The van der Waals surface area contributed by atoms with Crippen LogP contribution in [0.2, 0.25) is 5.02 Å². The molecule has 49 heavy (non-hydrogen) atoms. The monoisotopic (exact) mass is 701 g/mol. The zero-order chi connectivity index (χ0) is 34.3. The summed E-state index contributed by atoms with van der Waals surface area (Å²) >= 11 is 7.39. The second-order valence-electron chi connectivity index (χ2n) is 11.6. The van der Waals surface area contributed by atoms with Crippen molar-refractivity contribution in [1.29, 1.82) is 0 Å². The van der Waals surface area contributed by atoms with Crippen molar-refractivity contribution in [1.82, 2.24) is 4.90 Å². The number of amides is 2. The van der Waals surface area contributed by atoms with Gasteiger partial charge in [-0.25, -0.2) is 4.90 Å². The van der Waals surface area contributed by atoms with E-state index in [4.69, 9.17) is 11.6 Å². The summed E-state index contributed by atoms with van der Waals surface area (Å²) in [5, 5.41) is 0.729. The van der Waals surface area contributed by atoms with Gasteiger partial charge in [0.2, 0.25) is 0 Å². The Morgan fingerprint density at radius 3 is 1.96 bits per heavy atom. The molecule has 12 heteroatoms. The third-order valence-electron chi connectivity index (χ3n) is 8.54. The molecule has 5 aromatic rings. The topological polar surface area (TPSA) is 70.2 Å². The lowest BCUT2D eigenvalue weighted by molar-refractivity contribution is -0.274. The van der Waals surface area contributed by atoms with Crippen LogP contribution in [0, 0.1) is 0 Å². The maximum absolute atomic E-state index is 14.5. The van der Waals surface area contributed by atoms with E-state index in [-0.39, 0.29) is 33.2 Å². The highest BCUT2D eigenvalue weighted by Crippen LogP contribution is 2.46. The van der Waals surface area contributed by atoms with Crippen LogP contribution >= 0.6 is 22.9 Å². The van der Waals surface area contributed by atoms with E-state index in [2.05, 4.69) is 14.5 Å². The third-order valence-corrected chi connectivity index (χ3v) is 10.1. The summed E-state index contributed by atoms with van der Waals surface area (Å²) in [6.07, 6.45) is -4.76. The third kappa shape index (κ3) is 6.57. The van der Waals surface area contributed by atoms with Gasteiger partial charge in [0.05, 0.1) is 16.7 Å². The Bertz CT molecular complexity index is 2010. The van der Waals surface area contributed by atoms with Crippen molar-refractivity contribution >= 4 is 51.2 Å². The highest BCUT2D eigenvalue weighted by Gasteiger charge is 2.41. The summed E-state index contributed by atoms with van der Waals surface area (Å²) in [4.78, 5) is 48.2. The first kappa shape index (κ1) is 32.6. The van der Waals surface area contributed by atoms with Crippen molar-refractivity contribution in [3.8, 4) is 16.2 Å². The average Bonchev–Trinajstić information content (AvgIpc) is 3.58. The van der Waals surface area contributed by atoms with Crippen LogP contribution in [-0.2, 0) is 6.54 Å². The standard InChI is InChI=1S/C37H27ClF3N3O4S/c38-25-12-10-23(11-13-25)32(45)31-30(22-42-18-20-43(21-19-42)26-14-16-27(17-15-26)48-37(39,40)41)33(24-6-2-1-3-7-24)49-36(31)44-34(46)28-8-4-5-9-29(28)35(44)47/h1-17H,18-22H2. The number of nitrogens with zero attached hydrogens (tertiary/aromatic N) is 3. The minimum atomic E-state index is -4.76. The summed E-state index contributed by atoms with van der Waals surface area (Å²) in [6.45, 7) is 2.68. The Hall–Kier alpha value is -4.97. The molecule has 1 saturated heterocycles. The average molecular weight is 702 g/mol. The highest BCUT2D eigenvalue weighted by molar-refractivity contribution is 7.20. The number of piperazine rings is 1. The van der Waals surface area contributed by atoms with Crippen LogP contribution in [0.4, 0.5) is 23.9 Å². The smallest absolute Gasteiger partial charge is 0.406 e. The number of hydrogen-bond acceptors (Lipinski definition) is 7. The molecule has 248 valence electrons. The van der Waals surface area contributed by atoms with E-state index in [0.717, 1.165) is 21.0 Å². The Kier molecular flexibility index (Phi) is 8.74. The number of carbonyl (C=O) groups is 3. The molecule has 3 heterocycles. The van der Waals surface area contributed by atoms with Crippen molar-refractivity contribution in [2.45, 2.75) is 12.9 Å². The zero-order valence-electron chi connectivity index (χ0n) is 25.7. The van der Waals surface area contributed by atoms with Crippen LogP contribution in [0.3, 0.4) is 0 Å². The van der Waals surface area contributed by atoms with Gasteiger partial charge >= 0.3 is 6.36 Å². The number of carbonyl (C=O) groups excluding carboxylic acids is 3. The van der Waals surface area contributed by atoms with Gasteiger partial charge in [0.25, 0.3) is 11.8 Å². The molecule has 0 atom stereocenters. The van der Waals surface area contributed by atoms with Crippen LogP contribution in [0.25, 0.3) is 10.4 Å². The molecule has 2 aliphatic heterocycles. The molecule has 0 radical (unpaired) electrons. The lowest BCUT2D eigenvalue weighted by atomic mass is 9.97. The molecule has 0 aliphatic carbocycles. The van der Waals surface area contributed by atoms with Gasteiger partial charge in [0, 0.05) is 53.9 Å². The number of benzene rings is 4. The molecule has 7 rings (SSSR count). The van der Waals surface area contributed by atoms with E-state index < -0.39 is 18.2 Å². The Balaban J connectivity index is 1.25. The SMILES string of the molecule is O=C(c1ccc(Cl)cc1)c1c(N2C(=O)c3ccccc3C2=O)sc(-c2ccccc2)c1CN1CCN(c2ccc(OC(F)(F)F)cc2)CC1. The van der Waals surface area contributed by atoms with E-state index in [1.165, 1.54) is 23.5 Å². The molecule has 2 aliphatic rings. The minimum Gasteiger partial charge on any atom is -0.406 e. The first-order valence-electron chi connectivity index (χ1n) is 15.4. The summed E-state index contributed by atoms with van der Waals surface area (Å²) in [7, 11) is 0. The number of rotatable bonds is 8. The predicted molar refractivity (Wildman–Crippen MR) is 183 cm³/mol. The Morgan fingerprint density at radius 1 is 0.776 bits per heavy atom. The molecule has 0 N–H and O–H groups in total. The van der Waals surface area contributed by atoms with Gasteiger partial charge < -0.3 is 9.64 Å². The first-order valence-corrected chi connectivity index (χ1v) is 16.6. The second-order valence-corrected chi connectivity index (χ2v) is 13.0. The number of imide groups is 1. The molecule has 0 bridgehead atoms. The fraction of sp³-hybridized carbons (Fsp3) is 0.162. The summed E-state index contributed by atoms with van der Waals surface area (Å²) in [5.41, 5.74) is 3.51. The van der Waals surface area contributed by atoms with Crippen LogP contribution in [-0.4, -0.2) is 55.0 Å². The highest BCUT2D eigenvalue weighted by atomic mass is 35.5. The first-order chi connectivity index (χ1) is 23.6. The van der Waals surface area contributed by atoms with E-state index in [9.17, 15) is 27.6 Å². The van der Waals surface area contributed by atoms with Crippen LogP contribution in [0.1, 0.15) is 42.2 Å². The maximum atomic E-state index is 14.5.